The number of aryl methyl sites for hydroxylation is 2. The van der Waals surface area contributed by atoms with Crippen LogP contribution in [0.3, 0.4) is 0 Å². The summed E-state index contributed by atoms with van der Waals surface area (Å²) in [5.41, 5.74) is 3.65. The average Bonchev–Trinajstić information content (AvgIpc) is 3.40. The van der Waals surface area contributed by atoms with Crippen LogP contribution >= 0.6 is 22.9 Å². The Hall–Kier alpha value is -2.97. The van der Waals surface area contributed by atoms with E-state index in [4.69, 9.17) is 11.6 Å². The molecule has 7 nitrogen and oxygen atoms in total. The van der Waals surface area contributed by atoms with Gasteiger partial charge in [-0.2, -0.15) is 0 Å². The van der Waals surface area contributed by atoms with Crippen molar-refractivity contribution < 1.29 is 9.59 Å². The van der Waals surface area contributed by atoms with Gasteiger partial charge < -0.3 is 15.5 Å². The summed E-state index contributed by atoms with van der Waals surface area (Å²) in [6.07, 6.45) is 1.65. The van der Waals surface area contributed by atoms with Gasteiger partial charge in [-0.3, -0.25) is 4.79 Å². The third-order valence-electron chi connectivity index (χ3n) is 5.27. The number of nitrogens with zero attached hydrogens (tertiary/aromatic N) is 3. The van der Waals surface area contributed by atoms with Crippen molar-refractivity contribution in [2.75, 3.05) is 17.2 Å². The van der Waals surface area contributed by atoms with Gasteiger partial charge in [0.05, 0.1) is 6.04 Å². The van der Waals surface area contributed by atoms with Crippen molar-refractivity contribution in [3.05, 3.63) is 68.6 Å². The first-order valence-corrected chi connectivity index (χ1v) is 11.2. The number of aromatic nitrogens is 2. The molecule has 2 heterocycles. The Kier molecular flexibility index (Phi) is 6.20. The zero-order valence-corrected chi connectivity index (χ0v) is 18.8. The molecule has 4 rings (SSSR count). The molecule has 0 bridgehead atoms. The Labute approximate surface area is 189 Å². The highest BCUT2D eigenvalue weighted by atomic mass is 35.5. The third-order valence-corrected chi connectivity index (χ3v) is 6.53. The summed E-state index contributed by atoms with van der Waals surface area (Å²) >= 11 is 7.17. The van der Waals surface area contributed by atoms with Gasteiger partial charge in [-0.15, -0.1) is 10.2 Å². The van der Waals surface area contributed by atoms with Gasteiger partial charge in [-0.1, -0.05) is 35.1 Å². The van der Waals surface area contributed by atoms with Gasteiger partial charge in [-0.25, -0.2) is 4.79 Å². The standard InChI is InChI=1S/C22H22ClN5O2S/c1-13-8-9-17(11-14(13)2)25-22(30)28-10-4-7-18(28)20-26-27-21(31-20)19(29)24-16-6-3-5-15(23)12-16/h3,5-6,8-9,11-12,18H,4,7,10H2,1-2H3,(H,24,29)(H,25,30)/t18-/m1/s1. The molecule has 0 aliphatic carbocycles. The highest BCUT2D eigenvalue weighted by molar-refractivity contribution is 7.13. The topological polar surface area (TPSA) is 87.2 Å². The van der Waals surface area contributed by atoms with E-state index in [0.717, 1.165) is 24.1 Å². The van der Waals surface area contributed by atoms with Crippen LogP contribution in [0.2, 0.25) is 5.02 Å². The number of urea groups is 1. The fourth-order valence-electron chi connectivity index (χ4n) is 3.49. The van der Waals surface area contributed by atoms with E-state index in [1.165, 1.54) is 16.9 Å². The molecule has 1 fully saturated rings. The molecule has 0 unspecified atom stereocenters. The van der Waals surface area contributed by atoms with Gasteiger partial charge in [0.1, 0.15) is 5.01 Å². The van der Waals surface area contributed by atoms with E-state index in [1.807, 2.05) is 32.0 Å². The second-order valence-electron chi connectivity index (χ2n) is 7.49. The van der Waals surface area contributed by atoms with Crippen LogP contribution < -0.4 is 10.6 Å². The number of benzene rings is 2. The fraction of sp³-hybridized carbons (Fsp3) is 0.273. The lowest BCUT2D eigenvalue weighted by molar-refractivity contribution is 0.102. The van der Waals surface area contributed by atoms with Gasteiger partial charge in [0.2, 0.25) is 5.01 Å². The first kappa shape index (κ1) is 21.3. The Morgan fingerprint density at radius 2 is 1.87 bits per heavy atom. The van der Waals surface area contributed by atoms with Crippen molar-refractivity contribution in [3.63, 3.8) is 0 Å². The number of carbonyl (C=O) groups excluding carboxylic acids is 2. The zero-order chi connectivity index (χ0) is 22.0. The van der Waals surface area contributed by atoms with E-state index in [9.17, 15) is 9.59 Å². The molecule has 1 aliphatic rings. The van der Waals surface area contributed by atoms with Crippen molar-refractivity contribution in [2.45, 2.75) is 32.7 Å². The molecule has 1 saturated heterocycles. The van der Waals surface area contributed by atoms with Crippen LogP contribution in [-0.2, 0) is 0 Å². The average molecular weight is 456 g/mol. The van der Waals surface area contributed by atoms with Gasteiger partial charge in [0.15, 0.2) is 0 Å². The molecular formula is C22H22ClN5O2S. The molecule has 160 valence electrons. The van der Waals surface area contributed by atoms with E-state index in [2.05, 4.69) is 20.8 Å². The normalized spacial score (nSPS) is 15.7. The van der Waals surface area contributed by atoms with Crippen LogP contribution in [0, 0.1) is 13.8 Å². The van der Waals surface area contributed by atoms with Crippen LogP contribution in [0.25, 0.3) is 0 Å². The molecule has 31 heavy (non-hydrogen) atoms. The maximum absolute atomic E-state index is 12.9. The predicted octanol–water partition coefficient (Wildman–Crippen LogP) is 5.43. The summed E-state index contributed by atoms with van der Waals surface area (Å²) in [5, 5.41) is 15.4. The van der Waals surface area contributed by atoms with E-state index in [-0.39, 0.29) is 23.0 Å². The lowest BCUT2D eigenvalue weighted by Crippen LogP contribution is -2.34. The Morgan fingerprint density at radius 1 is 1.06 bits per heavy atom. The van der Waals surface area contributed by atoms with Crippen molar-refractivity contribution in [1.29, 1.82) is 0 Å². The maximum atomic E-state index is 12.9. The highest BCUT2D eigenvalue weighted by Crippen LogP contribution is 2.34. The SMILES string of the molecule is Cc1ccc(NC(=O)N2CCC[C@@H]2c2nnc(C(=O)Nc3cccc(Cl)c3)s2)cc1C. The Morgan fingerprint density at radius 3 is 2.65 bits per heavy atom. The molecule has 2 aromatic carbocycles. The van der Waals surface area contributed by atoms with E-state index in [0.29, 0.717) is 22.3 Å². The van der Waals surface area contributed by atoms with Gasteiger partial charge >= 0.3 is 6.03 Å². The number of amides is 3. The second-order valence-corrected chi connectivity index (χ2v) is 8.94. The van der Waals surface area contributed by atoms with Gasteiger partial charge in [-0.05, 0) is 68.1 Å². The number of hydrogen-bond donors (Lipinski definition) is 2. The van der Waals surface area contributed by atoms with Crippen molar-refractivity contribution in [1.82, 2.24) is 15.1 Å². The minimum Gasteiger partial charge on any atom is -0.320 e. The Bertz CT molecular complexity index is 1130. The maximum Gasteiger partial charge on any atom is 0.322 e. The third kappa shape index (κ3) is 4.86. The number of likely N-dealkylation sites (tertiary alicyclic amines) is 1. The number of halogens is 1. The summed E-state index contributed by atoms with van der Waals surface area (Å²) in [4.78, 5) is 27.2. The number of rotatable bonds is 4. The van der Waals surface area contributed by atoms with Crippen molar-refractivity contribution in [3.8, 4) is 0 Å². The summed E-state index contributed by atoms with van der Waals surface area (Å²) in [7, 11) is 0. The quantitative estimate of drug-likeness (QED) is 0.549. The number of nitrogens with one attached hydrogen (secondary N) is 2. The van der Waals surface area contributed by atoms with Crippen molar-refractivity contribution >= 4 is 46.3 Å². The molecule has 3 aromatic rings. The molecule has 0 saturated carbocycles. The van der Waals surface area contributed by atoms with Crippen LogP contribution in [0.1, 0.15) is 44.8 Å². The smallest absolute Gasteiger partial charge is 0.320 e. The fourth-order valence-corrected chi connectivity index (χ4v) is 4.57. The van der Waals surface area contributed by atoms with E-state index >= 15 is 0 Å². The molecule has 0 spiro atoms. The number of hydrogen-bond acceptors (Lipinski definition) is 5. The minimum atomic E-state index is -0.352. The molecular weight excluding hydrogens is 434 g/mol. The molecule has 3 amide bonds. The molecule has 0 radical (unpaired) electrons. The second kappa shape index (κ2) is 9.03. The van der Waals surface area contributed by atoms with Crippen LogP contribution in [0.5, 0.6) is 0 Å². The van der Waals surface area contributed by atoms with Gasteiger partial charge in [0.25, 0.3) is 5.91 Å². The van der Waals surface area contributed by atoms with Gasteiger partial charge in [0, 0.05) is 22.9 Å². The summed E-state index contributed by atoms with van der Waals surface area (Å²) in [5.74, 6) is -0.352. The largest absolute Gasteiger partial charge is 0.322 e. The lowest BCUT2D eigenvalue weighted by atomic mass is 10.1. The number of anilines is 2. The van der Waals surface area contributed by atoms with Crippen LogP contribution in [0.15, 0.2) is 42.5 Å². The monoisotopic (exact) mass is 455 g/mol. The Balaban J connectivity index is 1.45. The van der Waals surface area contributed by atoms with E-state index < -0.39 is 0 Å². The van der Waals surface area contributed by atoms with Crippen LogP contribution in [-0.4, -0.2) is 33.6 Å². The molecule has 1 aliphatic heterocycles. The summed E-state index contributed by atoms with van der Waals surface area (Å²) < 4.78 is 0. The highest BCUT2D eigenvalue weighted by Gasteiger charge is 2.33. The first-order valence-electron chi connectivity index (χ1n) is 9.96. The zero-order valence-electron chi connectivity index (χ0n) is 17.2. The lowest BCUT2D eigenvalue weighted by Gasteiger charge is -2.23. The van der Waals surface area contributed by atoms with E-state index in [1.54, 1.807) is 29.2 Å². The molecule has 1 aromatic heterocycles. The molecule has 1 atom stereocenters. The van der Waals surface area contributed by atoms with Crippen LogP contribution in [0.4, 0.5) is 16.2 Å². The summed E-state index contributed by atoms with van der Waals surface area (Å²) in [6, 6.07) is 12.4. The molecule has 2 N–H and O–H groups in total. The summed E-state index contributed by atoms with van der Waals surface area (Å²) in [6.45, 7) is 4.68. The predicted molar refractivity (Wildman–Crippen MR) is 123 cm³/mol. The minimum absolute atomic E-state index is 0.175. The number of carbonyl (C=O) groups is 2. The first-order chi connectivity index (χ1) is 14.9. The van der Waals surface area contributed by atoms with Crippen molar-refractivity contribution in [2.24, 2.45) is 0 Å². The molecule has 9 heteroatoms.